The largest absolute Gasteiger partial charge is 0.480 e. The fourth-order valence-corrected chi connectivity index (χ4v) is 0.464. The lowest BCUT2D eigenvalue weighted by Gasteiger charge is -2.04. The van der Waals surface area contributed by atoms with Crippen LogP contribution < -0.4 is 5.23 Å². The molecule has 8 heavy (non-hydrogen) atoms. The summed E-state index contributed by atoms with van der Waals surface area (Å²) in [7, 11) is 4.80. The molecule has 0 bridgehead atoms. The number of hydrogen-bond acceptors (Lipinski definition) is 3. The minimum atomic E-state index is -0.984. The SMILES string of the molecule is [B]N[C@@H](CS)C(=O)O. The van der Waals surface area contributed by atoms with Crippen molar-refractivity contribution in [3.63, 3.8) is 0 Å². The standard InChI is InChI=1S/C3H6BNO2S/c4-5-2(1-8)3(6)7/h2,5,8H,1H2,(H,6,7)/t2-/m0/s1. The van der Waals surface area contributed by atoms with Gasteiger partial charge in [-0.15, -0.1) is 0 Å². The molecule has 0 aliphatic rings. The Morgan fingerprint density at radius 1 is 2.00 bits per heavy atom. The Bertz CT molecular complexity index is 85.4. The van der Waals surface area contributed by atoms with Crippen LogP contribution in [0.5, 0.6) is 0 Å². The quantitative estimate of drug-likeness (QED) is 0.341. The summed E-state index contributed by atoms with van der Waals surface area (Å²) in [6.07, 6.45) is 0. The van der Waals surface area contributed by atoms with E-state index in [0.29, 0.717) is 0 Å². The van der Waals surface area contributed by atoms with Gasteiger partial charge in [0, 0.05) is 5.75 Å². The number of nitrogens with one attached hydrogen (secondary N) is 1. The highest BCUT2D eigenvalue weighted by atomic mass is 32.1. The van der Waals surface area contributed by atoms with E-state index in [1.54, 1.807) is 0 Å². The van der Waals surface area contributed by atoms with E-state index in [9.17, 15) is 4.79 Å². The Hall–Kier alpha value is -0.155. The topological polar surface area (TPSA) is 49.3 Å². The smallest absolute Gasteiger partial charge is 0.320 e. The Kier molecular flexibility index (Phi) is 3.73. The summed E-state index contributed by atoms with van der Waals surface area (Å²) in [5.74, 6) is -0.784. The lowest BCUT2D eigenvalue weighted by atomic mass is 10.3. The molecule has 0 aliphatic carbocycles. The Balaban J connectivity index is 3.52. The number of aliphatic carboxylic acids is 1. The number of carbonyl (C=O) groups is 1. The third-order valence-corrected chi connectivity index (χ3v) is 1.05. The lowest BCUT2D eigenvalue weighted by molar-refractivity contribution is -0.138. The van der Waals surface area contributed by atoms with Crippen molar-refractivity contribution < 1.29 is 9.90 Å². The summed E-state index contributed by atoms with van der Waals surface area (Å²) in [5.41, 5.74) is 0. The average Bonchev–Trinajstić information content (AvgIpc) is 1.69. The molecule has 2 N–H and O–H groups in total. The Labute approximate surface area is 54.3 Å². The molecule has 44 valence electrons. The fraction of sp³-hybridized carbons (Fsp3) is 0.667. The van der Waals surface area contributed by atoms with Gasteiger partial charge in [0.2, 0.25) is 0 Å². The van der Waals surface area contributed by atoms with Crippen LogP contribution >= 0.6 is 12.6 Å². The maximum Gasteiger partial charge on any atom is 0.320 e. The molecule has 1 atom stereocenters. The maximum atomic E-state index is 9.97. The van der Waals surface area contributed by atoms with Gasteiger partial charge in [-0.05, 0) is 0 Å². The molecule has 0 saturated heterocycles. The first-order valence-corrected chi connectivity index (χ1v) is 2.65. The predicted molar refractivity (Wildman–Crippen MR) is 34.2 cm³/mol. The van der Waals surface area contributed by atoms with E-state index in [4.69, 9.17) is 13.1 Å². The number of thiol groups is 1. The highest BCUT2D eigenvalue weighted by Crippen LogP contribution is 1.84. The highest BCUT2D eigenvalue weighted by Gasteiger charge is 2.09. The molecule has 0 spiro atoms. The molecule has 3 nitrogen and oxygen atoms in total. The molecule has 0 aromatic heterocycles. The van der Waals surface area contributed by atoms with Gasteiger partial charge in [-0.2, -0.15) is 12.6 Å². The molecule has 0 aromatic carbocycles. The third-order valence-electron chi connectivity index (χ3n) is 0.682. The number of rotatable bonds is 3. The normalized spacial score (nSPS) is 13.1. The molecule has 0 aliphatic heterocycles. The average molecular weight is 131 g/mol. The molecule has 2 radical (unpaired) electrons. The van der Waals surface area contributed by atoms with Gasteiger partial charge in [0.1, 0.15) is 6.04 Å². The van der Waals surface area contributed by atoms with Gasteiger partial charge in [0.25, 0.3) is 0 Å². The summed E-state index contributed by atoms with van der Waals surface area (Å²) < 4.78 is 0. The van der Waals surface area contributed by atoms with Crippen LogP contribution in [0.15, 0.2) is 0 Å². The Morgan fingerprint density at radius 3 is 2.50 bits per heavy atom. The van der Waals surface area contributed by atoms with Crippen molar-refractivity contribution in [2.24, 2.45) is 0 Å². The minimum absolute atomic E-state index is 0.200. The summed E-state index contributed by atoms with van der Waals surface area (Å²) in [6, 6.07) is -0.738. The van der Waals surface area contributed by atoms with E-state index >= 15 is 0 Å². The third kappa shape index (κ3) is 2.23. The molecule has 0 aromatic rings. The van der Waals surface area contributed by atoms with Gasteiger partial charge in [-0.1, -0.05) is 0 Å². The van der Waals surface area contributed by atoms with E-state index in [0.717, 1.165) is 0 Å². The Morgan fingerprint density at radius 2 is 2.50 bits per heavy atom. The van der Waals surface area contributed by atoms with E-state index in [1.165, 1.54) is 0 Å². The van der Waals surface area contributed by atoms with Crippen LogP contribution in [-0.2, 0) is 4.79 Å². The van der Waals surface area contributed by atoms with Gasteiger partial charge < -0.3 is 10.3 Å². The molecule has 0 unspecified atom stereocenters. The molecular formula is C3H6BNO2S. The number of hydrogen-bond donors (Lipinski definition) is 3. The first-order chi connectivity index (χ1) is 3.72. The van der Waals surface area contributed by atoms with Crippen LogP contribution in [0, 0.1) is 0 Å². The first-order valence-electron chi connectivity index (χ1n) is 2.02. The predicted octanol–water partition coefficient (Wildman–Crippen LogP) is -0.958. The van der Waals surface area contributed by atoms with Crippen molar-refractivity contribution in [3.05, 3.63) is 0 Å². The summed E-state index contributed by atoms with van der Waals surface area (Å²) in [4.78, 5) is 9.97. The molecule has 0 heterocycles. The second kappa shape index (κ2) is 3.80. The first kappa shape index (κ1) is 7.84. The molecule has 0 fully saturated rings. The van der Waals surface area contributed by atoms with Crippen molar-refractivity contribution in [2.45, 2.75) is 6.04 Å². The molecule has 0 rings (SSSR count). The van der Waals surface area contributed by atoms with Gasteiger partial charge >= 0.3 is 5.97 Å². The van der Waals surface area contributed by atoms with Crippen LogP contribution in [0.2, 0.25) is 0 Å². The second-order valence-corrected chi connectivity index (χ2v) is 1.61. The van der Waals surface area contributed by atoms with Gasteiger partial charge in [-0.25, -0.2) is 0 Å². The van der Waals surface area contributed by atoms with Crippen molar-refractivity contribution >= 4 is 26.6 Å². The van der Waals surface area contributed by atoms with Gasteiger partial charge in [0.15, 0.2) is 7.98 Å². The number of carboxylic acids is 1. The zero-order chi connectivity index (χ0) is 6.57. The molecule has 0 saturated carbocycles. The lowest BCUT2D eigenvalue weighted by Crippen LogP contribution is -2.36. The molecule has 0 amide bonds. The summed E-state index contributed by atoms with van der Waals surface area (Å²) in [6.45, 7) is 0. The number of carboxylic acid groups (broad SMARTS) is 1. The zero-order valence-corrected chi connectivity index (χ0v) is 5.06. The van der Waals surface area contributed by atoms with Crippen molar-refractivity contribution in [3.8, 4) is 0 Å². The summed E-state index contributed by atoms with van der Waals surface area (Å²) in [5, 5.41) is 10.3. The fourth-order valence-electron chi connectivity index (χ4n) is 0.202. The minimum Gasteiger partial charge on any atom is -0.480 e. The van der Waals surface area contributed by atoms with Crippen LogP contribution in [0.1, 0.15) is 0 Å². The van der Waals surface area contributed by atoms with Crippen molar-refractivity contribution in [1.29, 1.82) is 0 Å². The van der Waals surface area contributed by atoms with Crippen LogP contribution in [0.25, 0.3) is 0 Å². The molecule has 5 heteroatoms. The van der Waals surface area contributed by atoms with Crippen LogP contribution in [-0.4, -0.2) is 30.9 Å². The van der Waals surface area contributed by atoms with E-state index in [-0.39, 0.29) is 5.75 Å². The zero-order valence-electron chi connectivity index (χ0n) is 4.16. The van der Waals surface area contributed by atoms with Gasteiger partial charge in [0.05, 0.1) is 0 Å². The van der Waals surface area contributed by atoms with Crippen LogP contribution in [0.3, 0.4) is 0 Å². The summed E-state index contributed by atoms with van der Waals surface area (Å²) >= 11 is 3.71. The second-order valence-electron chi connectivity index (χ2n) is 1.24. The van der Waals surface area contributed by atoms with E-state index in [2.05, 4.69) is 17.9 Å². The van der Waals surface area contributed by atoms with Crippen molar-refractivity contribution in [1.82, 2.24) is 5.23 Å². The maximum absolute atomic E-state index is 9.97. The van der Waals surface area contributed by atoms with E-state index < -0.39 is 12.0 Å². The van der Waals surface area contributed by atoms with Crippen LogP contribution in [0.4, 0.5) is 0 Å². The molecular weight excluding hydrogens is 125 g/mol. The van der Waals surface area contributed by atoms with E-state index in [1.807, 2.05) is 0 Å². The highest BCUT2D eigenvalue weighted by molar-refractivity contribution is 7.80. The monoisotopic (exact) mass is 131 g/mol. The van der Waals surface area contributed by atoms with Gasteiger partial charge in [-0.3, -0.25) is 4.79 Å². The van der Waals surface area contributed by atoms with Crippen molar-refractivity contribution in [2.75, 3.05) is 5.75 Å².